The predicted octanol–water partition coefficient (Wildman–Crippen LogP) is 3.92. The molecule has 3 aromatic rings. The van der Waals surface area contributed by atoms with E-state index in [-0.39, 0.29) is 5.78 Å². The Balaban J connectivity index is 1.61. The number of hydrogen-bond acceptors (Lipinski definition) is 5. The van der Waals surface area contributed by atoms with E-state index in [1.54, 1.807) is 27.4 Å². The number of ketones is 1. The molecule has 142 valence electrons. The summed E-state index contributed by atoms with van der Waals surface area (Å²) in [4.78, 5) is 12.8. The molecule has 0 unspecified atom stereocenters. The van der Waals surface area contributed by atoms with Gasteiger partial charge in [-0.1, -0.05) is 0 Å². The second-order valence-corrected chi connectivity index (χ2v) is 6.48. The second kappa shape index (κ2) is 7.23. The summed E-state index contributed by atoms with van der Waals surface area (Å²) in [6, 6.07) is 13.2. The van der Waals surface area contributed by atoms with E-state index in [2.05, 4.69) is 10.2 Å². The lowest BCUT2D eigenvalue weighted by atomic mass is 10.1. The number of rotatable bonds is 5. The average molecular weight is 376 g/mol. The largest absolute Gasteiger partial charge is 0.497 e. The summed E-state index contributed by atoms with van der Waals surface area (Å²) in [5, 5.41) is 7.34. The first-order chi connectivity index (χ1) is 13.6. The highest BCUT2D eigenvalue weighted by Crippen LogP contribution is 2.37. The van der Waals surface area contributed by atoms with Crippen molar-refractivity contribution in [3.05, 3.63) is 64.9 Å². The van der Waals surface area contributed by atoms with Crippen molar-refractivity contribution >= 4 is 11.9 Å². The van der Waals surface area contributed by atoms with E-state index >= 15 is 0 Å². The molecule has 1 aliphatic carbocycles. The van der Waals surface area contributed by atoms with Crippen LogP contribution in [0.15, 0.2) is 48.0 Å². The number of allylic oxidation sites excluding steroid dienone is 1. The molecule has 6 heteroatoms. The number of hydrogen-bond donors (Lipinski definition) is 1. The van der Waals surface area contributed by atoms with Gasteiger partial charge in [0.05, 0.1) is 32.7 Å². The van der Waals surface area contributed by atoms with E-state index in [9.17, 15) is 4.79 Å². The van der Waals surface area contributed by atoms with Gasteiger partial charge in [-0.2, -0.15) is 5.10 Å². The van der Waals surface area contributed by atoms with Crippen molar-refractivity contribution < 1.29 is 19.0 Å². The average Bonchev–Trinajstić information content (AvgIpc) is 3.32. The molecular formula is C22H20N2O4. The normalized spacial score (nSPS) is 14.2. The lowest BCUT2D eigenvalue weighted by Crippen LogP contribution is -1.97. The zero-order valence-electron chi connectivity index (χ0n) is 15.9. The van der Waals surface area contributed by atoms with E-state index in [0.29, 0.717) is 29.1 Å². The van der Waals surface area contributed by atoms with Crippen LogP contribution in [0.2, 0.25) is 0 Å². The number of benzene rings is 2. The minimum atomic E-state index is -0.00319. The highest BCUT2D eigenvalue weighted by Gasteiger charge is 2.27. The predicted molar refractivity (Wildman–Crippen MR) is 106 cm³/mol. The molecule has 1 aromatic heterocycles. The first-order valence-corrected chi connectivity index (χ1v) is 8.83. The first kappa shape index (κ1) is 17.9. The standard InChI is InChI=1S/C22H20N2O4/c1-26-17-6-4-13(5-7-17)19-11-16(23-24-19)9-15-8-14-10-20(27-2)21(28-3)12-18(14)22(15)25/h4-7,9-12H,8H2,1-3H3,(H,23,24). The number of methoxy groups -OCH3 is 3. The van der Waals surface area contributed by atoms with Gasteiger partial charge in [-0.05, 0) is 54.1 Å². The van der Waals surface area contributed by atoms with Crippen LogP contribution in [0.5, 0.6) is 17.2 Å². The van der Waals surface area contributed by atoms with Crippen LogP contribution in [0.25, 0.3) is 17.3 Å². The van der Waals surface area contributed by atoms with Gasteiger partial charge in [0.15, 0.2) is 17.3 Å². The molecule has 1 heterocycles. The van der Waals surface area contributed by atoms with Crippen LogP contribution >= 0.6 is 0 Å². The van der Waals surface area contributed by atoms with E-state index in [1.807, 2.05) is 42.5 Å². The molecule has 2 aromatic carbocycles. The summed E-state index contributed by atoms with van der Waals surface area (Å²) >= 11 is 0. The molecule has 0 fully saturated rings. The van der Waals surface area contributed by atoms with Gasteiger partial charge in [0.25, 0.3) is 0 Å². The number of H-pyrrole nitrogens is 1. The summed E-state index contributed by atoms with van der Waals surface area (Å²) in [5.41, 5.74) is 4.84. The Morgan fingerprint density at radius 3 is 2.36 bits per heavy atom. The van der Waals surface area contributed by atoms with E-state index < -0.39 is 0 Å². The highest BCUT2D eigenvalue weighted by atomic mass is 16.5. The molecule has 0 bridgehead atoms. The topological polar surface area (TPSA) is 73.4 Å². The summed E-state index contributed by atoms with van der Waals surface area (Å²) in [6.45, 7) is 0. The quantitative estimate of drug-likeness (QED) is 0.683. The summed E-state index contributed by atoms with van der Waals surface area (Å²) in [5.74, 6) is 1.97. The fourth-order valence-corrected chi connectivity index (χ4v) is 3.36. The van der Waals surface area contributed by atoms with Crippen LogP contribution in [0, 0.1) is 0 Å². The number of aromatic nitrogens is 2. The minimum Gasteiger partial charge on any atom is -0.497 e. The molecule has 4 rings (SSSR count). The number of aromatic amines is 1. The molecule has 0 aliphatic heterocycles. The Morgan fingerprint density at radius 2 is 1.68 bits per heavy atom. The monoisotopic (exact) mass is 376 g/mol. The third-order valence-electron chi connectivity index (χ3n) is 4.84. The van der Waals surface area contributed by atoms with Crippen molar-refractivity contribution in [2.45, 2.75) is 6.42 Å². The summed E-state index contributed by atoms with van der Waals surface area (Å²) in [7, 11) is 4.78. The third kappa shape index (κ3) is 3.13. The first-order valence-electron chi connectivity index (χ1n) is 8.83. The maximum Gasteiger partial charge on any atom is 0.189 e. The molecule has 28 heavy (non-hydrogen) atoms. The molecule has 0 spiro atoms. The molecule has 0 amide bonds. The van der Waals surface area contributed by atoms with Gasteiger partial charge >= 0.3 is 0 Å². The Bertz CT molecular complexity index is 1060. The van der Waals surface area contributed by atoms with Crippen molar-refractivity contribution in [2.24, 2.45) is 0 Å². The Morgan fingerprint density at radius 1 is 0.964 bits per heavy atom. The number of Topliss-reactive ketones (excluding diaryl/α,β-unsaturated/α-hetero) is 1. The van der Waals surface area contributed by atoms with E-state index in [0.717, 1.165) is 28.3 Å². The van der Waals surface area contributed by atoms with E-state index in [1.165, 1.54) is 0 Å². The minimum absolute atomic E-state index is 0.00319. The zero-order valence-corrected chi connectivity index (χ0v) is 15.9. The molecule has 1 N–H and O–H groups in total. The molecular weight excluding hydrogens is 356 g/mol. The van der Waals surface area contributed by atoms with Gasteiger partial charge < -0.3 is 14.2 Å². The van der Waals surface area contributed by atoms with Gasteiger partial charge in [0.2, 0.25) is 0 Å². The fraction of sp³-hybridized carbons (Fsp3) is 0.182. The highest BCUT2D eigenvalue weighted by molar-refractivity contribution is 6.15. The fourth-order valence-electron chi connectivity index (χ4n) is 3.36. The van der Waals surface area contributed by atoms with Crippen LogP contribution in [-0.4, -0.2) is 37.3 Å². The van der Waals surface area contributed by atoms with Gasteiger partial charge in [-0.15, -0.1) is 0 Å². The Hall–Kier alpha value is -3.54. The lowest BCUT2D eigenvalue weighted by Gasteiger charge is -2.08. The molecule has 0 saturated carbocycles. The van der Waals surface area contributed by atoms with Gasteiger partial charge in [0.1, 0.15) is 5.75 Å². The van der Waals surface area contributed by atoms with Crippen molar-refractivity contribution in [1.82, 2.24) is 10.2 Å². The second-order valence-electron chi connectivity index (χ2n) is 6.48. The van der Waals surface area contributed by atoms with Crippen LogP contribution in [0.3, 0.4) is 0 Å². The van der Waals surface area contributed by atoms with Crippen molar-refractivity contribution in [3.8, 4) is 28.5 Å². The summed E-state index contributed by atoms with van der Waals surface area (Å²) in [6.07, 6.45) is 2.40. The van der Waals surface area contributed by atoms with E-state index in [4.69, 9.17) is 14.2 Å². The Kier molecular flexibility index (Phi) is 4.61. The maximum atomic E-state index is 12.8. The van der Waals surface area contributed by atoms with Gasteiger partial charge in [-0.25, -0.2) is 0 Å². The third-order valence-corrected chi connectivity index (χ3v) is 4.84. The van der Waals surface area contributed by atoms with Crippen molar-refractivity contribution in [2.75, 3.05) is 21.3 Å². The molecule has 6 nitrogen and oxygen atoms in total. The van der Waals surface area contributed by atoms with Crippen LogP contribution < -0.4 is 14.2 Å². The summed E-state index contributed by atoms with van der Waals surface area (Å²) < 4.78 is 15.8. The maximum absolute atomic E-state index is 12.8. The smallest absolute Gasteiger partial charge is 0.189 e. The number of nitrogens with zero attached hydrogens (tertiary/aromatic N) is 1. The van der Waals surface area contributed by atoms with Crippen molar-refractivity contribution in [1.29, 1.82) is 0 Å². The van der Waals surface area contributed by atoms with Gasteiger partial charge in [-0.3, -0.25) is 9.89 Å². The molecule has 0 radical (unpaired) electrons. The number of fused-ring (bicyclic) bond motifs is 1. The zero-order chi connectivity index (χ0) is 19.7. The van der Waals surface area contributed by atoms with Gasteiger partial charge in [0, 0.05) is 23.1 Å². The molecule has 1 aliphatic rings. The molecule has 0 saturated heterocycles. The SMILES string of the molecule is COc1ccc(-c2cc(C=C3Cc4cc(OC)c(OC)cc4C3=O)[nH]n2)cc1. The van der Waals surface area contributed by atoms with Crippen LogP contribution in [-0.2, 0) is 6.42 Å². The van der Waals surface area contributed by atoms with Crippen LogP contribution in [0.1, 0.15) is 21.6 Å². The lowest BCUT2D eigenvalue weighted by molar-refractivity contribution is 0.104. The number of carbonyl (C=O) groups is 1. The Labute approximate surface area is 162 Å². The van der Waals surface area contributed by atoms with Crippen LogP contribution in [0.4, 0.5) is 0 Å². The number of carbonyl (C=O) groups excluding carboxylic acids is 1. The number of nitrogens with one attached hydrogen (secondary N) is 1. The molecule has 0 atom stereocenters. The number of ether oxygens (including phenoxy) is 3. The van der Waals surface area contributed by atoms with Crippen molar-refractivity contribution in [3.63, 3.8) is 0 Å².